The zero-order valence-corrected chi connectivity index (χ0v) is 11.0. The number of carbonyl (C=O) groups excluding carboxylic acids is 1. The Morgan fingerprint density at radius 3 is 2.76 bits per heavy atom. The molecule has 1 aromatic carbocycles. The SMILES string of the molecule is COC(=O)CC(C)S(=O)c1ccc(F)c(Cl)c1. The Balaban J connectivity index is 2.81. The van der Waals surface area contributed by atoms with Gasteiger partial charge in [0.25, 0.3) is 0 Å². The Kier molecular flexibility index (Phi) is 5.08. The van der Waals surface area contributed by atoms with E-state index in [1.807, 2.05) is 0 Å². The molecule has 0 aromatic heterocycles. The van der Waals surface area contributed by atoms with Crippen molar-refractivity contribution in [3.8, 4) is 0 Å². The number of rotatable bonds is 4. The van der Waals surface area contributed by atoms with E-state index in [0.717, 1.165) is 6.07 Å². The number of methoxy groups -OCH3 is 1. The fourth-order valence-corrected chi connectivity index (χ4v) is 2.66. The summed E-state index contributed by atoms with van der Waals surface area (Å²) < 4.78 is 29.4. The highest BCUT2D eigenvalue weighted by atomic mass is 35.5. The first-order chi connectivity index (χ1) is 7.95. The maximum atomic E-state index is 12.9. The van der Waals surface area contributed by atoms with E-state index in [4.69, 9.17) is 11.6 Å². The predicted octanol–water partition coefficient (Wildman–Crippen LogP) is 2.54. The first-order valence-electron chi connectivity index (χ1n) is 4.88. The fraction of sp³-hybridized carbons (Fsp3) is 0.364. The van der Waals surface area contributed by atoms with Gasteiger partial charge in [0.05, 0.1) is 29.4 Å². The van der Waals surface area contributed by atoms with Crippen molar-refractivity contribution >= 4 is 28.4 Å². The molecule has 0 saturated carbocycles. The van der Waals surface area contributed by atoms with Gasteiger partial charge in [0, 0.05) is 10.1 Å². The van der Waals surface area contributed by atoms with E-state index < -0.39 is 27.8 Å². The van der Waals surface area contributed by atoms with Gasteiger partial charge in [0.1, 0.15) is 5.82 Å². The van der Waals surface area contributed by atoms with Crippen molar-refractivity contribution < 1.29 is 18.1 Å². The predicted molar refractivity (Wildman–Crippen MR) is 63.9 cm³/mol. The van der Waals surface area contributed by atoms with Gasteiger partial charge in [-0.1, -0.05) is 11.6 Å². The minimum Gasteiger partial charge on any atom is -0.469 e. The largest absolute Gasteiger partial charge is 0.469 e. The molecule has 3 nitrogen and oxygen atoms in total. The zero-order chi connectivity index (χ0) is 13.0. The van der Waals surface area contributed by atoms with Gasteiger partial charge in [-0.2, -0.15) is 0 Å². The molecule has 0 aliphatic rings. The van der Waals surface area contributed by atoms with Crippen molar-refractivity contribution in [3.05, 3.63) is 29.0 Å². The first kappa shape index (κ1) is 14.1. The van der Waals surface area contributed by atoms with Crippen molar-refractivity contribution in [2.24, 2.45) is 0 Å². The third-order valence-corrected chi connectivity index (χ3v) is 4.08. The molecule has 0 aliphatic heterocycles. The van der Waals surface area contributed by atoms with Gasteiger partial charge in [0.15, 0.2) is 0 Å². The van der Waals surface area contributed by atoms with Crippen LogP contribution in [0.15, 0.2) is 23.1 Å². The Morgan fingerprint density at radius 1 is 1.59 bits per heavy atom. The Labute approximate surface area is 106 Å². The maximum absolute atomic E-state index is 12.9. The first-order valence-corrected chi connectivity index (χ1v) is 6.47. The van der Waals surface area contributed by atoms with E-state index in [0.29, 0.717) is 4.90 Å². The third-order valence-electron chi connectivity index (χ3n) is 2.17. The molecule has 0 heterocycles. The summed E-state index contributed by atoms with van der Waals surface area (Å²) in [6.07, 6.45) is 0.0398. The lowest BCUT2D eigenvalue weighted by Crippen LogP contribution is -2.17. The zero-order valence-electron chi connectivity index (χ0n) is 9.41. The molecule has 0 bridgehead atoms. The number of halogens is 2. The Hall–Kier alpha value is -0.940. The van der Waals surface area contributed by atoms with Crippen LogP contribution in [0.1, 0.15) is 13.3 Å². The van der Waals surface area contributed by atoms with Gasteiger partial charge in [-0.25, -0.2) is 4.39 Å². The number of benzene rings is 1. The Bertz CT molecular complexity index is 450. The molecule has 0 radical (unpaired) electrons. The average molecular weight is 279 g/mol. The van der Waals surface area contributed by atoms with Crippen LogP contribution in [-0.4, -0.2) is 22.5 Å². The van der Waals surface area contributed by atoms with Crippen molar-refractivity contribution in [2.45, 2.75) is 23.5 Å². The normalized spacial score (nSPS) is 14.1. The molecular formula is C11H12ClFO3S. The van der Waals surface area contributed by atoms with Gasteiger partial charge in [-0.15, -0.1) is 0 Å². The fourth-order valence-electron chi connectivity index (χ4n) is 1.23. The van der Waals surface area contributed by atoms with E-state index in [9.17, 15) is 13.4 Å². The lowest BCUT2D eigenvalue weighted by molar-refractivity contribution is -0.140. The molecule has 17 heavy (non-hydrogen) atoms. The molecular weight excluding hydrogens is 267 g/mol. The summed E-state index contributed by atoms with van der Waals surface area (Å²) >= 11 is 5.59. The number of ether oxygens (including phenoxy) is 1. The minimum atomic E-state index is -1.42. The van der Waals surface area contributed by atoms with Crippen molar-refractivity contribution in [2.75, 3.05) is 7.11 Å². The molecule has 1 aromatic rings. The van der Waals surface area contributed by atoms with Crippen LogP contribution >= 0.6 is 11.6 Å². The minimum absolute atomic E-state index is 0.0398. The van der Waals surface area contributed by atoms with Crippen LogP contribution in [0.2, 0.25) is 5.02 Å². The van der Waals surface area contributed by atoms with Crippen molar-refractivity contribution in [1.29, 1.82) is 0 Å². The van der Waals surface area contributed by atoms with E-state index >= 15 is 0 Å². The van der Waals surface area contributed by atoms with Crippen LogP contribution in [-0.2, 0) is 20.3 Å². The highest BCUT2D eigenvalue weighted by molar-refractivity contribution is 7.85. The van der Waals surface area contributed by atoms with Crippen LogP contribution in [0.5, 0.6) is 0 Å². The highest BCUT2D eigenvalue weighted by Crippen LogP contribution is 2.21. The summed E-state index contributed by atoms with van der Waals surface area (Å²) in [7, 11) is -0.150. The van der Waals surface area contributed by atoms with Crippen LogP contribution in [0, 0.1) is 5.82 Å². The summed E-state index contributed by atoms with van der Waals surface area (Å²) in [4.78, 5) is 11.4. The summed E-state index contributed by atoms with van der Waals surface area (Å²) in [5, 5.41) is -0.495. The number of hydrogen-bond acceptors (Lipinski definition) is 3. The van der Waals surface area contributed by atoms with Crippen molar-refractivity contribution in [3.63, 3.8) is 0 Å². The summed E-state index contributed by atoms with van der Waals surface area (Å²) in [6.45, 7) is 1.66. The molecule has 1 rings (SSSR count). The van der Waals surface area contributed by atoms with E-state index in [1.54, 1.807) is 6.92 Å². The van der Waals surface area contributed by atoms with Crippen LogP contribution in [0.4, 0.5) is 4.39 Å². The second kappa shape index (κ2) is 6.12. The Morgan fingerprint density at radius 2 is 2.24 bits per heavy atom. The van der Waals surface area contributed by atoms with Gasteiger partial charge in [-0.05, 0) is 25.1 Å². The van der Waals surface area contributed by atoms with E-state index in [2.05, 4.69) is 4.74 Å². The van der Waals surface area contributed by atoms with Crippen LogP contribution in [0.3, 0.4) is 0 Å². The smallest absolute Gasteiger partial charge is 0.306 e. The molecule has 2 unspecified atom stereocenters. The number of hydrogen-bond donors (Lipinski definition) is 0. The average Bonchev–Trinajstić information content (AvgIpc) is 2.31. The monoisotopic (exact) mass is 278 g/mol. The van der Waals surface area contributed by atoms with Gasteiger partial charge in [-0.3, -0.25) is 9.00 Å². The lowest BCUT2D eigenvalue weighted by Gasteiger charge is -2.10. The molecule has 0 aliphatic carbocycles. The second-order valence-corrected chi connectivity index (χ2v) is 5.74. The van der Waals surface area contributed by atoms with E-state index in [-0.39, 0.29) is 11.4 Å². The highest BCUT2D eigenvalue weighted by Gasteiger charge is 2.18. The number of carbonyl (C=O) groups is 1. The molecule has 6 heteroatoms. The van der Waals surface area contributed by atoms with Gasteiger partial charge >= 0.3 is 5.97 Å². The lowest BCUT2D eigenvalue weighted by atomic mass is 10.3. The molecule has 2 atom stereocenters. The standard InChI is InChI=1S/C11H12ClFO3S/c1-7(5-11(14)16-2)17(15)8-3-4-10(13)9(12)6-8/h3-4,6-7H,5H2,1-2H3. The quantitative estimate of drug-likeness (QED) is 0.795. The van der Waals surface area contributed by atoms with Crippen LogP contribution < -0.4 is 0 Å². The topological polar surface area (TPSA) is 43.4 Å². The second-order valence-electron chi connectivity index (χ2n) is 3.46. The maximum Gasteiger partial charge on any atom is 0.306 e. The van der Waals surface area contributed by atoms with Crippen LogP contribution in [0.25, 0.3) is 0 Å². The summed E-state index contributed by atoms with van der Waals surface area (Å²) in [5.41, 5.74) is 0. The summed E-state index contributed by atoms with van der Waals surface area (Å²) in [5.74, 6) is -0.993. The van der Waals surface area contributed by atoms with Crippen molar-refractivity contribution in [1.82, 2.24) is 0 Å². The third kappa shape index (κ3) is 3.78. The molecule has 94 valence electrons. The summed E-state index contributed by atoms with van der Waals surface area (Å²) in [6, 6.07) is 3.85. The molecule has 0 spiro atoms. The van der Waals surface area contributed by atoms with Gasteiger partial charge < -0.3 is 4.74 Å². The molecule has 0 amide bonds. The number of esters is 1. The molecule has 0 saturated heterocycles. The van der Waals surface area contributed by atoms with E-state index in [1.165, 1.54) is 19.2 Å². The molecule has 0 fully saturated rings. The van der Waals surface area contributed by atoms with Gasteiger partial charge in [0.2, 0.25) is 0 Å². The molecule has 0 N–H and O–H groups in total.